The molecule has 2 rings (SSSR count). The van der Waals surface area contributed by atoms with Crippen LogP contribution in [0.3, 0.4) is 0 Å². The van der Waals surface area contributed by atoms with Crippen molar-refractivity contribution in [2.75, 3.05) is 32.1 Å². The van der Waals surface area contributed by atoms with E-state index in [0.29, 0.717) is 13.0 Å². The molecule has 0 aromatic heterocycles. The lowest BCUT2D eigenvalue weighted by molar-refractivity contribution is -0.134. The van der Waals surface area contributed by atoms with Crippen molar-refractivity contribution in [3.8, 4) is 0 Å². The largest absolute Gasteiger partial charge is 0.354 e. The van der Waals surface area contributed by atoms with E-state index in [2.05, 4.69) is 29.5 Å². The third-order valence-corrected chi connectivity index (χ3v) is 6.90. The molecule has 3 atom stereocenters. The minimum absolute atomic E-state index is 0. The first kappa shape index (κ1) is 24.5. The predicted octanol–water partition coefficient (Wildman–Crippen LogP) is 1.63. The number of rotatable bonds is 5. The van der Waals surface area contributed by atoms with Gasteiger partial charge in [-0.15, -0.1) is 24.0 Å². The zero-order valence-electron chi connectivity index (χ0n) is 16.9. The second kappa shape index (κ2) is 10.8. The molecule has 0 radical (unpaired) electrons. The van der Waals surface area contributed by atoms with Gasteiger partial charge in [0.05, 0.1) is 11.5 Å². The van der Waals surface area contributed by atoms with Gasteiger partial charge in [0.15, 0.2) is 15.8 Å². The first-order chi connectivity index (χ1) is 12.2. The average molecular weight is 514 g/mol. The van der Waals surface area contributed by atoms with Crippen molar-refractivity contribution in [1.82, 2.24) is 15.5 Å². The molecule has 9 heteroatoms. The molecular formula is C18H35IN4O3S. The van der Waals surface area contributed by atoms with Gasteiger partial charge in [-0.05, 0) is 45.4 Å². The number of amides is 1. The van der Waals surface area contributed by atoms with Gasteiger partial charge >= 0.3 is 0 Å². The van der Waals surface area contributed by atoms with Crippen LogP contribution in [0.1, 0.15) is 46.0 Å². The van der Waals surface area contributed by atoms with Gasteiger partial charge in [0, 0.05) is 38.6 Å². The average Bonchev–Trinajstić information content (AvgIpc) is 2.90. The second-order valence-corrected chi connectivity index (χ2v) is 10.4. The summed E-state index contributed by atoms with van der Waals surface area (Å²) in [5, 5.41) is 6.81. The van der Waals surface area contributed by atoms with Crippen LogP contribution < -0.4 is 10.6 Å². The van der Waals surface area contributed by atoms with E-state index in [1.54, 1.807) is 4.90 Å². The van der Waals surface area contributed by atoms with Crippen molar-refractivity contribution >= 4 is 45.7 Å². The molecular weight excluding hydrogens is 479 g/mol. The van der Waals surface area contributed by atoms with E-state index in [1.165, 1.54) is 0 Å². The van der Waals surface area contributed by atoms with Gasteiger partial charge in [-0.2, -0.15) is 0 Å². The van der Waals surface area contributed by atoms with Crippen LogP contribution in [-0.4, -0.2) is 69.4 Å². The van der Waals surface area contributed by atoms with Crippen LogP contribution in [0, 0.1) is 11.8 Å². The summed E-state index contributed by atoms with van der Waals surface area (Å²) < 4.78 is 23.2. The molecule has 0 spiro atoms. The summed E-state index contributed by atoms with van der Waals surface area (Å²) in [5.41, 5.74) is 0. The smallest absolute Gasteiger partial charge is 0.225 e. The number of hydrogen-bond donors (Lipinski definition) is 2. The standard InChI is InChI=1S/C18H34N4O3S.HI/c1-13(2)20-18(19-11-14-8-9-26(24,25)12-14)21-16-7-5-6-15(10-16)17(23)22(3)4;/h13-16H,5-12H2,1-4H3,(H2,19,20,21);1H. The van der Waals surface area contributed by atoms with Crippen LogP contribution in [0.15, 0.2) is 4.99 Å². The molecule has 2 aliphatic rings. The number of carbonyl (C=O) groups excluding carboxylic acids is 1. The number of carbonyl (C=O) groups is 1. The van der Waals surface area contributed by atoms with Crippen LogP contribution in [0.25, 0.3) is 0 Å². The highest BCUT2D eigenvalue weighted by molar-refractivity contribution is 14.0. The van der Waals surface area contributed by atoms with Crippen LogP contribution in [-0.2, 0) is 14.6 Å². The molecule has 3 unspecified atom stereocenters. The Hall–Kier alpha value is -0.580. The topological polar surface area (TPSA) is 90.9 Å². The van der Waals surface area contributed by atoms with Crippen molar-refractivity contribution in [2.24, 2.45) is 16.8 Å². The minimum Gasteiger partial charge on any atom is -0.354 e. The summed E-state index contributed by atoms with van der Waals surface area (Å²) in [6.45, 7) is 4.63. The number of nitrogens with one attached hydrogen (secondary N) is 2. The molecule has 0 aromatic rings. The molecule has 1 aliphatic carbocycles. The van der Waals surface area contributed by atoms with Gasteiger partial charge in [0.25, 0.3) is 0 Å². The maximum Gasteiger partial charge on any atom is 0.225 e. The Labute approximate surface area is 181 Å². The molecule has 1 saturated heterocycles. The lowest BCUT2D eigenvalue weighted by Crippen LogP contribution is -2.48. The molecule has 158 valence electrons. The minimum atomic E-state index is -2.87. The molecule has 1 aliphatic heterocycles. The van der Waals surface area contributed by atoms with E-state index in [-0.39, 0.29) is 65.3 Å². The number of guanidine groups is 1. The van der Waals surface area contributed by atoms with Gasteiger partial charge < -0.3 is 15.5 Å². The quantitative estimate of drug-likeness (QED) is 0.331. The molecule has 1 amide bonds. The molecule has 0 aromatic carbocycles. The SMILES string of the molecule is CC(C)NC(=NCC1CCS(=O)(=O)C1)NC1CCCC(C(=O)N(C)C)C1.I. The summed E-state index contributed by atoms with van der Waals surface area (Å²) >= 11 is 0. The zero-order chi connectivity index (χ0) is 19.3. The summed E-state index contributed by atoms with van der Waals surface area (Å²) in [7, 11) is 0.745. The highest BCUT2D eigenvalue weighted by atomic mass is 127. The van der Waals surface area contributed by atoms with Gasteiger partial charge in [0.1, 0.15) is 0 Å². The molecule has 1 saturated carbocycles. The van der Waals surface area contributed by atoms with E-state index < -0.39 is 9.84 Å². The molecule has 1 heterocycles. The van der Waals surface area contributed by atoms with Crippen LogP contribution in [0.4, 0.5) is 0 Å². The molecule has 2 N–H and O–H groups in total. The van der Waals surface area contributed by atoms with Crippen LogP contribution in [0.2, 0.25) is 0 Å². The Bertz CT molecular complexity index is 622. The first-order valence-electron chi connectivity index (χ1n) is 9.65. The zero-order valence-corrected chi connectivity index (χ0v) is 20.0. The normalized spacial score (nSPS) is 27.7. The Balaban J connectivity index is 0.00000364. The monoisotopic (exact) mass is 514 g/mol. The lowest BCUT2D eigenvalue weighted by atomic mass is 9.85. The Kier molecular flexibility index (Phi) is 9.81. The summed E-state index contributed by atoms with van der Waals surface area (Å²) in [6.07, 6.45) is 4.50. The summed E-state index contributed by atoms with van der Waals surface area (Å²) in [5.74, 6) is 1.63. The third-order valence-electron chi connectivity index (χ3n) is 5.06. The molecule has 0 bridgehead atoms. The molecule has 2 fully saturated rings. The lowest BCUT2D eigenvalue weighted by Gasteiger charge is -2.32. The number of aliphatic imine (C=N–C) groups is 1. The van der Waals surface area contributed by atoms with Gasteiger partial charge in [-0.3, -0.25) is 9.79 Å². The Morgan fingerprint density at radius 3 is 2.48 bits per heavy atom. The fraction of sp³-hybridized carbons (Fsp3) is 0.889. The highest BCUT2D eigenvalue weighted by Crippen LogP contribution is 2.25. The predicted molar refractivity (Wildman–Crippen MR) is 120 cm³/mol. The fourth-order valence-electron chi connectivity index (χ4n) is 3.75. The van der Waals surface area contributed by atoms with Crippen LogP contribution in [0.5, 0.6) is 0 Å². The second-order valence-electron chi connectivity index (χ2n) is 8.19. The van der Waals surface area contributed by atoms with Gasteiger partial charge in [0.2, 0.25) is 5.91 Å². The Morgan fingerprint density at radius 1 is 1.22 bits per heavy atom. The fourth-order valence-corrected chi connectivity index (χ4v) is 5.60. The first-order valence-corrected chi connectivity index (χ1v) is 11.5. The number of sulfone groups is 1. The highest BCUT2D eigenvalue weighted by Gasteiger charge is 2.30. The van der Waals surface area contributed by atoms with E-state index in [1.807, 2.05) is 14.1 Å². The maximum absolute atomic E-state index is 12.3. The van der Waals surface area contributed by atoms with E-state index in [4.69, 9.17) is 0 Å². The van der Waals surface area contributed by atoms with Crippen LogP contribution >= 0.6 is 24.0 Å². The number of nitrogens with zero attached hydrogens (tertiary/aromatic N) is 2. The van der Waals surface area contributed by atoms with Gasteiger partial charge in [-0.25, -0.2) is 8.42 Å². The van der Waals surface area contributed by atoms with Crippen molar-refractivity contribution in [3.05, 3.63) is 0 Å². The summed E-state index contributed by atoms with van der Waals surface area (Å²) in [4.78, 5) is 18.6. The van der Waals surface area contributed by atoms with Crippen molar-refractivity contribution in [3.63, 3.8) is 0 Å². The third kappa shape index (κ3) is 8.13. The van der Waals surface area contributed by atoms with Crippen molar-refractivity contribution in [2.45, 2.75) is 58.0 Å². The van der Waals surface area contributed by atoms with E-state index in [9.17, 15) is 13.2 Å². The van der Waals surface area contributed by atoms with E-state index >= 15 is 0 Å². The van der Waals surface area contributed by atoms with E-state index in [0.717, 1.165) is 31.6 Å². The van der Waals surface area contributed by atoms with Crippen molar-refractivity contribution < 1.29 is 13.2 Å². The molecule has 27 heavy (non-hydrogen) atoms. The maximum atomic E-state index is 12.3. The number of halogens is 1. The molecule has 7 nitrogen and oxygen atoms in total. The summed E-state index contributed by atoms with van der Waals surface area (Å²) in [6, 6.07) is 0.450. The van der Waals surface area contributed by atoms with Crippen molar-refractivity contribution in [1.29, 1.82) is 0 Å². The van der Waals surface area contributed by atoms with Gasteiger partial charge in [-0.1, -0.05) is 6.42 Å². The Morgan fingerprint density at radius 2 is 1.93 bits per heavy atom. The number of hydrogen-bond acceptors (Lipinski definition) is 4.